The molecule has 10 heteroatoms. The molecule has 0 aliphatic carbocycles. The van der Waals surface area contributed by atoms with Gasteiger partial charge < -0.3 is 15.7 Å². The highest BCUT2D eigenvalue weighted by Gasteiger charge is 2.40. The molecule has 0 spiro atoms. The van der Waals surface area contributed by atoms with E-state index in [0.29, 0.717) is 18.7 Å². The molecule has 1 unspecified atom stereocenters. The molecule has 1 aliphatic rings. The first-order valence-corrected chi connectivity index (χ1v) is 10.7. The molecule has 1 aromatic carbocycles. The second kappa shape index (κ2) is 8.79. The van der Waals surface area contributed by atoms with Crippen molar-refractivity contribution in [3.63, 3.8) is 0 Å². The highest BCUT2D eigenvalue weighted by atomic mass is 32.2. The normalized spacial score (nSPS) is 16.9. The largest absolute Gasteiger partial charge is 0.479 e. The van der Waals surface area contributed by atoms with Crippen LogP contribution in [0.3, 0.4) is 0 Å². The van der Waals surface area contributed by atoms with Crippen molar-refractivity contribution in [2.45, 2.75) is 5.54 Å². The fraction of sp³-hybridized carbons (Fsp3) is 0.300. The molecule has 0 bridgehead atoms. The number of carbonyl (C=O) groups is 1. The monoisotopic (exact) mass is 432 g/mol. The molecule has 1 saturated heterocycles. The zero-order valence-electron chi connectivity index (χ0n) is 16.0. The summed E-state index contributed by atoms with van der Waals surface area (Å²) in [7, 11) is -3.98. The number of halogens is 1. The number of aromatic nitrogens is 1. The van der Waals surface area contributed by atoms with Gasteiger partial charge in [0.25, 0.3) is 0 Å². The lowest BCUT2D eigenvalue weighted by atomic mass is 10.0. The van der Waals surface area contributed by atoms with E-state index in [1.54, 1.807) is 24.3 Å². The van der Waals surface area contributed by atoms with Crippen LogP contribution in [0.5, 0.6) is 0 Å². The fourth-order valence-electron chi connectivity index (χ4n) is 3.03. The van der Waals surface area contributed by atoms with Gasteiger partial charge in [0.05, 0.1) is 0 Å². The lowest BCUT2D eigenvalue weighted by Gasteiger charge is -2.36. The summed E-state index contributed by atoms with van der Waals surface area (Å²) in [6.07, 6.45) is 2.96. The smallest absolute Gasteiger partial charge is 0.337 e. The van der Waals surface area contributed by atoms with Crippen LogP contribution in [0.4, 0.5) is 10.1 Å². The van der Waals surface area contributed by atoms with Crippen LogP contribution in [-0.2, 0) is 14.8 Å². The van der Waals surface area contributed by atoms with E-state index < -0.39 is 27.3 Å². The summed E-state index contributed by atoms with van der Waals surface area (Å²) < 4.78 is 40.0. The van der Waals surface area contributed by atoms with Gasteiger partial charge in [0, 0.05) is 49.8 Å². The number of hydrogen-bond donors (Lipinski definition) is 2. The zero-order valence-corrected chi connectivity index (χ0v) is 16.8. The molecule has 158 valence electrons. The van der Waals surface area contributed by atoms with Gasteiger partial charge >= 0.3 is 5.97 Å². The maximum atomic E-state index is 13.1. The molecule has 3 N–H and O–H groups in total. The molecule has 3 rings (SSSR count). The van der Waals surface area contributed by atoms with Crippen molar-refractivity contribution in [1.82, 2.24) is 9.29 Å². The highest BCUT2D eigenvalue weighted by molar-refractivity contribution is 7.89. The number of carboxylic acids is 1. The van der Waals surface area contributed by atoms with Gasteiger partial charge in [-0.1, -0.05) is 11.8 Å². The van der Waals surface area contributed by atoms with Gasteiger partial charge in [-0.2, -0.15) is 4.31 Å². The van der Waals surface area contributed by atoms with E-state index >= 15 is 0 Å². The van der Waals surface area contributed by atoms with E-state index in [2.05, 4.69) is 16.8 Å². The van der Waals surface area contributed by atoms with E-state index in [1.807, 2.05) is 4.90 Å². The number of nitrogens with two attached hydrogens (primary N) is 1. The topological polar surface area (TPSA) is 117 Å². The van der Waals surface area contributed by atoms with E-state index in [4.69, 9.17) is 5.73 Å². The van der Waals surface area contributed by atoms with E-state index in [-0.39, 0.29) is 18.9 Å². The van der Waals surface area contributed by atoms with Crippen molar-refractivity contribution >= 4 is 21.7 Å². The molecule has 0 saturated carbocycles. The van der Waals surface area contributed by atoms with Crippen LogP contribution in [-0.4, -0.2) is 66.3 Å². The molecule has 30 heavy (non-hydrogen) atoms. The predicted octanol–water partition coefficient (Wildman–Crippen LogP) is 0.506. The van der Waals surface area contributed by atoms with Crippen LogP contribution in [0, 0.1) is 17.7 Å². The number of sulfonamides is 1. The van der Waals surface area contributed by atoms with Crippen LogP contribution >= 0.6 is 0 Å². The fourth-order valence-corrected chi connectivity index (χ4v) is 4.70. The van der Waals surface area contributed by atoms with Gasteiger partial charge in [0.15, 0.2) is 5.54 Å². The Hall–Kier alpha value is -3.00. The maximum Gasteiger partial charge on any atom is 0.337 e. The predicted molar refractivity (Wildman–Crippen MR) is 110 cm³/mol. The summed E-state index contributed by atoms with van der Waals surface area (Å²) >= 11 is 0. The molecule has 1 fully saturated rings. The third kappa shape index (κ3) is 5.13. The number of aliphatic carboxylic acids is 1. The molecule has 1 aromatic heterocycles. The number of anilines is 1. The molecular weight excluding hydrogens is 411 g/mol. The quantitative estimate of drug-likeness (QED) is 0.661. The van der Waals surface area contributed by atoms with Crippen LogP contribution in [0.1, 0.15) is 5.56 Å². The lowest BCUT2D eigenvalue weighted by molar-refractivity contribution is -0.140. The third-order valence-electron chi connectivity index (χ3n) is 4.71. The minimum atomic E-state index is -3.98. The average Bonchev–Trinajstić information content (AvgIpc) is 2.73. The molecule has 2 aromatic rings. The van der Waals surface area contributed by atoms with E-state index in [0.717, 1.165) is 5.69 Å². The van der Waals surface area contributed by atoms with E-state index in [9.17, 15) is 22.7 Å². The SMILES string of the molecule is NC(C#Cc1cccnc1)(CS(=O)(=O)N1CCN(c2ccc(F)cc2)CC1)C(=O)O. The van der Waals surface area contributed by atoms with Gasteiger partial charge in [0.2, 0.25) is 10.0 Å². The standard InChI is InChI=1S/C20H21FN4O4S/c21-17-3-5-18(6-4-17)24-10-12-25(13-11-24)30(28,29)15-20(22,19(26)27)8-7-16-2-1-9-23-14-16/h1-6,9,14H,10-13,15,22H2,(H,26,27). The van der Waals surface area contributed by atoms with Crippen LogP contribution < -0.4 is 10.6 Å². The van der Waals surface area contributed by atoms with Crippen LogP contribution in [0.2, 0.25) is 0 Å². The molecular formula is C20H21FN4O4S. The number of benzene rings is 1. The first-order valence-electron chi connectivity index (χ1n) is 9.13. The number of rotatable bonds is 5. The van der Waals surface area contributed by atoms with E-state index in [1.165, 1.54) is 28.8 Å². The summed E-state index contributed by atoms with van der Waals surface area (Å²) in [5, 5.41) is 9.52. The number of nitrogens with zero attached hydrogens (tertiary/aromatic N) is 3. The second-order valence-electron chi connectivity index (χ2n) is 6.89. The van der Waals surface area contributed by atoms with Gasteiger partial charge in [-0.15, -0.1) is 0 Å². The zero-order chi connectivity index (χ0) is 21.8. The Balaban J connectivity index is 1.71. The Bertz CT molecular complexity index is 1060. The summed E-state index contributed by atoms with van der Waals surface area (Å²) in [6, 6.07) is 9.18. The molecule has 2 heterocycles. The van der Waals surface area contributed by atoms with Gasteiger partial charge in [-0.05, 0) is 36.4 Å². The Labute approximate surface area is 174 Å². The summed E-state index contributed by atoms with van der Waals surface area (Å²) in [5.41, 5.74) is 4.82. The first-order chi connectivity index (χ1) is 14.2. The number of piperazine rings is 1. The number of pyridine rings is 1. The lowest BCUT2D eigenvalue weighted by Crippen LogP contribution is -2.57. The van der Waals surface area contributed by atoms with Crippen molar-refractivity contribution in [2.24, 2.45) is 5.73 Å². The number of hydrogen-bond acceptors (Lipinski definition) is 6. The molecule has 0 amide bonds. The van der Waals surface area contributed by atoms with Crippen molar-refractivity contribution in [1.29, 1.82) is 0 Å². The van der Waals surface area contributed by atoms with Crippen molar-refractivity contribution < 1.29 is 22.7 Å². The summed E-state index contributed by atoms with van der Waals surface area (Å²) in [5.74, 6) is 2.25. The van der Waals surface area contributed by atoms with Crippen LogP contribution in [0.25, 0.3) is 0 Å². The molecule has 8 nitrogen and oxygen atoms in total. The van der Waals surface area contributed by atoms with Gasteiger partial charge in [-0.25, -0.2) is 17.6 Å². The van der Waals surface area contributed by atoms with Crippen molar-refractivity contribution in [3.8, 4) is 11.8 Å². The Morgan fingerprint density at radius 1 is 1.20 bits per heavy atom. The number of carboxylic acid groups (broad SMARTS) is 1. The summed E-state index contributed by atoms with van der Waals surface area (Å²) in [6.45, 7) is 1.09. The second-order valence-corrected chi connectivity index (χ2v) is 8.86. The van der Waals surface area contributed by atoms with Crippen molar-refractivity contribution in [3.05, 3.63) is 60.2 Å². The Kier molecular flexibility index (Phi) is 6.36. The maximum absolute atomic E-state index is 13.1. The van der Waals surface area contributed by atoms with Crippen molar-refractivity contribution in [2.75, 3.05) is 36.8 Å². The van der Waals surface area contributed by atoms with Gasteiger partial charge in [-0.3, -0.25) is 4.98 Å². The Morgan fingerprint density at radius 2 is 1.87 bits per heavy atom. The molecule has 1 atom stereocenters. The van der Waals surface area contributed by atoms with Gasteiger partial charge in [0.1, 0.15) is 11.6 Å². The highest BCUT2D eigenvalue weighted by Crippen LogP contribution is 2.19. The average molecular weight is 432 g/mol. The third-order valence-corrected chi connectivity index (χ3v) is 6.68. The molecule has 0 radical (unpaired) electrons. The minimum absolute atomic E-state index is 0.158. The molecule has 1 aliphatic heterocycles. The van der Waals surface area contributed by atoms with Crippen LogP contribution in [0.15, 0.2) is 48.8 Å². The minimum Gasteiger partial charge on any atom is -0.479 e. The summed E-state index contributed by atoms with van der Waals surface area (Å²) in [4.78, 5) is 17.5. The first kappa shape index (κ1) is 21.7. The Morgan fingerprint density at radius 3 is 2.43 bits per heavy atom.